The number of rotatable bonds is 4. The van der Waals surface area contributed by atoms with Crippen LogP contribution >= 0.6 is 0 Å². The number of aromatic carboxylic acids is 1. The molecule has 0 saturated carbocycles. The van der Waals surface area contributed by atoms with Crippen molar-refractivity contribution in [3.63, 3.8) is 0 Å². The van der Waals surface area contributed by atoms with E-state index in [2.05, 4.69) is 9.97 Å². The second kappa shape index (κ2) is 4.66. The third-order valence-electron chi connectivity index (χ3n) is 1.71. The van der Waals surface area contributed by atoms with E-state index in [9.17, 15) is 4.79 Å². The predicted octanol–water partition coefficient (Wildman–Crippen LogP) is 0.279. The van der Waals surface area contributed by atoms with E-state index < -0.39 is 5.97 Å². The van der Waals surface area contributed by atoms with Crippen LogP contribution in [0.15, 0.2) is 12.3 Å². The fourth-order valence-corrected chi connectivity index (χ4v) is 0.962. The van der Waals surface area contributed by atoms with Crippen LogP contribution in [0, 0.1) is 0 Å². The fraction of sp³-hybridized carbons (Fsp3) is 0.444. The van der Waals surface area contributed by atoms with Crippen LogP contribution in [0.2, 0.25) is 0 Å². The summed E-state index contributed by atoms with van der Waals surface area (Å²) in [6.07, 6.45) is 2.13. The zero-order valence-corrected chi connectivity index (χ0v) is 8.27. The molecule has 14 heavy (non-hydrogen) atoms. The zero-order valence-electron chi connectivity index (χ0n) is 8.27. The van der Waals surface area contributed by atoms with Gasteiger partial charge in [-0.1, -0.05) is 0 Å². The van der Waals surface area contributed by atoms with Gasteiger partial charge >= 0.3 is 5.97 Å². The fourth-order valence-electron chi connectivity index (χ4n) is 0.962. The third-order valence-corrected chi connectivity index (χ3v) is 1.71. The van der Waals surface area contributed by atoms with E-state index in [4.69, 9.17) is 5.11 Å². The van der Waals surface area contributed by atoms with Crippen LogP contribution in [0.1, 0.15) is 16.3 Å². The second-order valence-electron chi connectivity index (χ2n) is 3.22. The first kappa shape index (κ1) is 10.6. The van der Waals surface area contributed by atoms with E-state index in [1.54, 1.807) is 0 Å². The van der Waals surface area contributed by atoms with Gasteiger partial charge in [-0.15, -0.1) is 0 Å². The second-order valence-corrected chi connectivity index (χ2v) is 3.22. The van der Waals surface area contributed by atoms with Crippen LogP contribution in [-0.4, -0.2) is 46.6 Å². The van der Waals surface area contributed by atoms with Crippen LogP contribution in [-0.2, 0) is 6.42 Å². The highest BCUT2D eigenvalue weighted by Crippen LogP contribution is 1.97. The maximum atomic E-state index is 10.6. The number of hydrogen-bond donors (Lipinski definition) is 1. The van der Waals surface area contributed by atoms with Gasteiger partial charge in [-0.3, -0.25) is 0 Å². The number of nitrogens with zero attached hydrogens (tertiary/aromatic N) is 3. The molecule has 1 N–H and O–H groups in total. The average Bonchev–Trinajstić information content (AvgIpc) is 2.15. The van der Waals surface area contributed by atoms with E-state index in [1.807, 2.05) is 19.0 Å². The lowest BCUT2D eigenvalue weighted by molar-refractivity contribution is 0.0690. The van der Waals surface area contributed by atoms with E-state index in [0.717, 1.165) is 6.54 Å². The summed E-state index contributed by atoms with van der Waals surface area (Å²) in [4.78, 5) is 20.5. The number of likely N-dealkylation sites (N-methyl/N-ethyl adjacent to an activating group) is 1. The Labute approximate surface area is 82.4 Å². The number of hydrogen-bond acceptors (Lipinski definition) is 4. The Morgan fingerprint density at radius 2 is 2.29 bits per heavy atom. The van der Waals surface area contributed by atoms with Crippen molar-refractivity contribution in [3.05, 3.63) is 23.8 Å². The van der Waals surface area contributed by atoms with Crippen molar-refractivity contribution < 1.29 is 9.90 Å². The molecule has 0 amide bonds. The Morgan fingerprint density at radius 3 is 2.86 bits per heavy atom. The molecule has 5 heteroatoms. The highest BCUT2D eigenvalue weighted by Gasteiger charge is 2.05. The molecule has 76 valence electrons. The molecular formula is C9H13N3O2. The molecule has 0 radical (unpaired) electrons. The Morgan fingerprint density at radius 1 is 1.57 bits per heavy atom. The van der Waals surface area contributed by atoms with Gasteiger partial charge in [0.1, 0.15) is 5.82 Å². The first-order valence-electron chi connectivity index (χ1n) is 4.29. The van der Waals surface area contributed by atoms with E-state index in [-0.39, 0.29) is 5.69 Å². The number of carboxylic acids is 1. The van der Waals surface area contributed by atoms with Crippen LogP contribution in [0.4, 0.5) is 0 Å². The lowest BCUT2D eigenvalue weighted by atomic mass is 10.3. The molecule has 0 aliphatic carbocycles. The predicted molar refractivity (Wildman–Crippen MR) is 51.2 cm³/mol. The number of carboxylic acid groups (broad SMARTS) is 1. The lowest BCUT2D eigenvalue weighted by Gasteiger charge is -2.07. The quantitative estimate of drug-likeness (QED) is 0.747. The van der Waals surface area contributed by atoms with Gasteiger partial charge in [0.25, 0.3) is 0 Å². The highest BCUT2D eigenvalue weighted by molar-refractivity contribution is 5.85. The van der Waals surface area contributed by atoms with Gasteiger partial charge in [-0.2, -0.15) is 0 Å². The summed E-state index contributed by atoms with van der Waals surface area (Å²) < 4.78 is 0. The Hall–Kier alpha value is -1.49. The first-order chi connectivity index (χ1) is 6.59. The van der Waals surface area contributed by atoms with Crippen molar-refractivity contribution in [3.8, 4) is 0 Å². The molecule has 0 aliphatic heterocycles. The minimum Gasteiger partial charge on any atom is -0.477 e. The van der Waals surface area contributed by atoms with Gasteiger partial charge in [0.05, 0.1) is 0 Å². The molecule has 0 bridgehead atoms. The zero-order chi connectivity index (χ0) is 10.6. The molecule has 1 heterocycles. The van der Waals surface area contributed by atoms with Gasteiger partial charge in [0.15, 0.2) is 5.69 Å². The molecule has 1 aromatic heterocycles. The van der Waals surface area contributed by atoms with Gasteiger partial charge in [0, 0.05) is 19.2 Å². The van der Waals surface area contributed by atoms with E-state index >= 15 is 0 Å². The molecule has 1 aromatic rings. The summed E-state index contributed by atoms with van der Waals surface area (Å²) in [5.74, 6) is -0.447. The minimum atomic E-state index is -1.02. The summed E-state index contributed by atoms with van der Waals surface area (Å²) >= 11 is 0. The van der Waals surface area contributed by atoms with Crippen molar-refractivity contribution in [1.82, 2.24) is 14.9 Å². The van der Waals surface area contributed by atoms with Gasteiger partial charge in [0.2, 0.25) is 0 Å². The molecule has 0 aromatic carbocycles. The Kier molecular flexibility index (Phi) is 3.53. The molecule has 0 aliphatic rings. The molecule has 0 unspecified atom stereocenters. The van der Waals surface area contributed by atoms with Crippen molar-refractivity contribution in [1.29, 1.82) is 0 Å². The first-order valence-corrected chi connectivity index (χ1v) is 4.29. The molecule has 5 nitrogen and oxygen atoms in total. The smallest absolute Gasteiger partial charge is 0.354 e. The minimum absolute atomic E-state index is 0.0498. The topological polar surface area (TPSA) is 66.3 Å². The van der Waals surface area contributed by atoms with Gasteiger partial charge in [-0.05, 0) is 20.2 Å². The van der Waals surface area contributed by atoms with Crippen LogP contribution in [0.5, 0.6) is 0 Å². The monoisotopic (exact) mass is 195 g/mol. The molecule has 0 saturated heterocycles. The van der Waals surface area contributed by atoms with Crippen molar-refractivity contribution in [2.24, 2.45) is 0 Å². The van der Waals surface area contributed by atoms with Gasteiger partial charge in [-0.25, -0.2) is 14.8 Å². The normalized spacial score (nSPS) is 10.5. The molecule has 0 fully saturated rings. The molecular weight excluding hydrogens is 182 g/mol. The largest absolute Gasteiger partial charge is 0.477 e. The number of carbonyl (C=O) groups is 1. The van der Waals surface area contributed by atoms with Crippen LogP contribution in [0.3, 0.4) is 0 Å². The average molecular weight is 195 g/mol. The van der Waals surface area contributed by atoms with Crippen molar-refractivity contribution in [2.45, 2.75) is 6.42 Å². The SMILES string of the molecule is CN(C)CCc1nccc(C(=O)O)n1. The van der Waals surface area contributed by atoms with Crippen molar-refractivity contribution in [2.75, 3.05) is 20.6 Å². The summed E-state index contributed by atoms with van der Waals surface area (Å²) in [5.41, 5.74) is 0.0498. The van der Waals surface area contributed by atoms with E-state index in [1.165, 1.54) is 12.3 Å². The van der Waals surface area contributed by atoms with Crippen molar-refractivity contribution >= 4 is 5.97 Å². The Balaban J connectivity index is 2.69. The van der Waals surface area contributed by atoms with E-state index in [0.29, 0.717) is 12.2 Å². The summed E-state index contributed by atoms with van der Waals surface area (Å²) in [7, 11) is 3.89. The lowest BCUT2D eigenvalue weighted by Crippen LogP contribution is -2.17. The Bertz CT molecular complexity index is 326. The van der Waals surface area contributed by atoms with Gasteiger partial charge < -0.3 is 10.0 Å². The third kappa shape index (κ3) is 3.10. The maximum Gasteiger partial charge on any atom is 0.354 e. The summed E-state index contributed by atoms with van der Waals surface area (Å²) in [5, 5.41) is 8.69. The molecule has 1 rings (SSSR count). The molecule has 0 spiro atoms. The maximum absolute atomic E-state index is 10.6. The standard InChI is InChI=1S/C9H13N3O2/c1-12(2)6-4-8-10-5-3-7(11-8)9(13)14/h3,5H,4,6H2,1-2H3,(H,13,14). The van der Waals surface area contributed by atoms with Crippen LogP contribution < -0.4 is 0 Å². The highest BCUT2D eigenvalue weighted by atomic mass is 16.4. The number of aromatic nitrogens is 2. The van der Waals surface area contributed by atoms with Crippen LogP contribution in [0.25, 0.3) is 0 Å². The molecule has 0 atom stereocenters. The summed E-state index contributed by atoms with van der Waals surface area (Å²) in [6.45, 7) is 0.809. The summed E-state index contributed by atoms with van der Waals surface area (Å²) in [6, 6.07) is 1.39.